The number of anilines is 1. The van der Waals surface area contributed by atoms with E-state index < -0.39 is 0 Å². The molecule has 0 atom stereocenters. The highest BCUT2D eigenvalue weighted by Crippen LogP contribution is 2.32. The Morgan fingerprint density at radius 1 is 1.29 bits per heavy atom. The summed E-state index contributed by atoms with van der Waals surface area (Å²) < 4.78 is 0.909. The van der Waals surface area contributed by atoms with Gasteiger partial charge in [0.25, 0.3) is 5.91 Å². The van der Waals surface area contributed by atoms with Gasteiger partial charge in [0.1, 0.15) is 4.88 Å². The summed E-state index contributed by atoms with van der Waals surface area (Å²) in [7, 11) is 0. The highest BCUT2D eigenvalue weighted by Gasteiger charge is 2.15. The molecular weight excluding hydrogens is 306 g/mol. The number of benzene rings is 1. The van der Waals surface area contributed by atoms with Gasteiger partial charge >= 0.3 is 0 Å². The number of nitrogens with one attached hydrogen (secondary N) is 1. The summed E-state index contributed by atoms with van der Waals surface area (Å²) in [6.07, 6.45) is 3.38. The summed E-state index contributed by atoms with van der Waals surface area (Å²) in [6.45, 7) is 0.432. The Bertz CT molecular complexity index is 798. The SMILES string of the molecule is Nc1c(C(=O)NCc2ccc(Cl)cc2)sc2cnccc12. The van der Waals surface area contributed by atoms with Crippen LogP contribution in [-0.4, -0.2) is 10.9 Å². The van der Waals surface area contributed by atoms with E-state index >= 15 is 0 Å². The third kappa shape index (κ3) is 2.84. The molecule has 0 saturated carbocycles. The molecule has 3 N–H and O–H groups in total. The van der Waals surface area contributed by atoms with Gasteiger partial charge in [0, 0.05) is 29.3 Å². The van der Waals surface area contributed by atoms with Crippen LogP contribution in [0.2, 0.25) is 5.02 Å². The minimum absolute atomic E-state index is 0.177. The van der Waals surface area contributed by atoms with Crippen molar-refractivity contribution in [2.45, 2.75) is 6.54 Å². The number of halogens is 1. The second kappa shape index (κ2) is 5.71. The maximum atomic E-state index is 12.2. The lowest BCUT2D eigenvalue weighted by Gasteiger charge is -2.04. The zero-order valence-electron chi connectivity index (χ0n) is 11.0. The van der Waals surface area contributed by atoms with Gasteiger partial charge < -0.3 is 11.1 Å². The second-order valence-electron chi connectivity index (χ2n) is 4.53. The van der Waals surface area contributed by atoms with E-state index in [1.165, 1.54) is 11.3 Å². The molecule has 6 heteroatoms. The molecular formula is C15H12ClN3OS. The van der Waals surface area contributed by atoms with E-state index in [0.717, 1.165) is 15.6 Å². The molecule has 0 spiro atoms. The normalized spacial score (nSPS) is 10.7. The molecule has 0 aliphatic carbocycles. The highest BCUT2D eigenvalue weighted by atomic mass is 35.5. The summed E-state index contributed by atoms with van der Waals surface area (Å²) in [5.41, 5.74) is 7.52. The number of hydrogen-bond donors (Lipinski definition) is 2. The van der Waals surface area contributed by atoms with Crippen molar-refractivity contribution in [3.05, 3.63) is 58.2 Å². The number of carbonyl (C=O) groups is 1. The minimum atomic E-state index is -0.177. The predicted octanol–water partition coefficient (Wildman–Crippen LogP) is 3.46. The van der Waals surface area contributed by atoms with E-state index in [1.54, 1.807) is 24.5 Å². The van der Waals surface area contributed by atoms with Gasteiger partial charge in [0.2, 0.25) is 0 Å². The van der Waals surface area contributed by atoms with Crippen LogP contribution in [-0.2, 0) is 6.54 Å². The van der Waals surface area contributed by atoms with Gasteiger partial charge in [-0.25, -0.2) is 0 Å². The zero-order valence-corrected chi connectivity index (χ0v) is 12.5. The van der Waals surface area contributed by atoms with Crippen LogP contribution in [0.4, 0.5) is 5.69 Å². The predicted molar refractivity (Wildman–Crippen MR) is 86.7 cm³/mol. The first-order valence-corrected chi connectivity index (χ1v) is 7.49. The van der Waals surface area contributed by atoms with Crippen molar-refractivity contribution in [2.75, 3.05) is 5.73 Å². The first kappa shape index (κ1) is 13.9. The molecule has 0 radical (unpaired) electrons. The number of fused-ring (bicyclic) bond motifs is 1. The Morgan fingerprint density at radius 3 is 2.76 bits per heavy atom. The van der Waals surface area contributed by atoms with Crippen LogP contribution in [0.3, 0.4) is 0 Å². The zero-order chi connectivity index (χ0) is 14.8. The molecule has 1 amide bonds. The Labute approximate surface area is 130 Å². The summed E-state index contributed by atoms with van der Waals surface area (Å²) >= 11 is 7.18. The van der Waals surface area contributed by atoms with Crippen LogP contribution in [0.15, 0.2) is 42.7 Å². The molecule has 21 heavy (non-hydrogen) atoms. The lowest BCUT2D eigenvalue weighted by atomic mass is 10.2. The van der Waals surface area contributed by atoms with Crippen LogP contribution in [0.1, 0.15) is 15.2 Å². The Balaban J connectivity index is 1.78. The third-order valence-corrected chi connectivity index (χ3v) is 4.51. The molecule has 0 unspecified atom stereocenters. The molecule has 0 aliphatic rings. The number of nitrogen functional groups attached to an aromatic ring is 1. The van der Waals surface area contributed by atoms with E-state index in [9.17, 15) is 4.79 Å². The Kier molecular flexibility index (Phi) is 3.77. The fourth-order valence-electron chi connectivity index (χ4n) is 2.00. The average Bonchev–Trinajstić information content (AvgIpc) is 2.84. The molecule has 1 aromatic carbocycles. The average molecular weight is 318 g/mol. The van der Waals surface area contributed by atoms with Crippen LogP contribution < -0.4 is 11.1 Å². The van der Waals surface area contributed by atoms with Crippen LogP contribution in [0, 0.1) is 0 Å². The number of amides is 1. The van der Waals surface area contributed by atoms with E-state index in [0.29, 0.717) is 22.1 Å². The smallest absolute Gasteiger partial charge is 0.263 e. The maximum absolute atomic E-state index is 12.2. The van der Waals surface area contributed by atoms with Gasteiger partial charge in [-0.05, 0) is 23.8 Å². The van der Waals surface area contributed by atoms with E-state index in [4.69, 9.17) is 17.3 Å². The van der Waals surface area contributed by atoms with E-state index in [2.05, 4.69) is 10.3 Å². The van der Waals surface area contributed by atoms with Gasteiger partial charge in [0.15, 0.2) is 0 Å². The van der Waals surface area contributed by atoms with Crippen molar-refractivity contribution in [1.82, 2.24) is 10.3 Å². The molecule has 2 heterocycles. The Morgan fingerprint density at radius 2 is 2.05 bits per heavy atom. The number of pyridine rings is 1. The number of aromatic nitrogens is 1. The standard InChI is InChI=1S/C15H12ClN3OS/c16-10-3-1-9(2-4-10)7-19-15(20)14-13(17)11-5-6-18-8-12(11)21-14/h1-6,8H,7,17H2,(H,19,20). The fraction of sp³-hybridized carbons (Fsp3) is 0.0667. The minimum Gasteiger partial charge on any atom is -0.397 e. The lowest BCUT2D eigenvalue weighted by molar-refractivity contribution is 0.0956. The number of nitrogens with two attached hydrogens (primary N) is 1. The largest absolute Gasteiger partial charge is 0.397 e. The van der Waals surface area contributed by atoms with E-state index in [-0.39, 0.29) is 5.91 Å². The molecule has 0 bridgehead atoms. The second-order valence-corrected chi connectivity index (χ2v) is 6.01. The molecule has 4 nitrogen and oxygen atoms in total. The van der Waals surface area contributed by atoms with Gasteiger partial charge in [0.05, 0.1) is 10.4 Å². The number of nitrogens with zero attached hydrogens (tertiary/aromatic N) is 1. The van der Waals surface area contributed by atoms with Gasteiger partial charge in [-0.15, -0.1) is 11.3 Å². The number of thiophene rings is 1. The van der Waals surface area contributed by atoms with Gasteiger partial charge in [-0.2, -0.15) is 0 Å². The quantitative estimate of drug-likeness (QED) is 0.777. The van der Waals surface area contributed by atoms with Crippen LogP contribution in [0.5, 0.6) is 0 Å². The van der Waals surface area contributed by atoms with Gasteiger partial charge in [-0.3, -0.25) is 9.78 Å². The molecule has 0 saturated heterocycles. The number of rotatable bonds is 3. The third-order valence-electron chi connectivity index (χ3n) is 3.10. The fourth-order valence-corrected chi connectivity index (χ4v) is 3.14. The van der Waals surface area contributed by atoms with Crippen molar-refractivity contribution < 1.29 is 4.79 Å². The van der Waals surface area contributed by atoms with E-state index in [1.807, 2.05) is 18.2 Å². The van der Waals surface area contributed by atoms with Crippen molar-refractivity contribution in [2.24, 2.45) is 0 Å². The highest BCUT2D eigenvalue weighted by molar-refractivity contribution is 7.21. The first-order valence-electron chi connectivity index (χ1n) is 6.30. The van der Waals surface area contributed by atoms with Crippen LogP contribution >= 0.6 is 22.9 Å². The summed E-state index contributed by atoms with van der Waals surface area (Å²) in [5.74, 6) is -0.177. The van der Waals surface area contributed by atoms with Crippen molar-refractivity contribution in [1.29, 1.82) is 0 Å². The monoisotopic (exact) mass is 317 g/mol. The summed E-state index contributed by atoms with van der Waals surface area (Å²) in [4.78, 5) is 16.8. The lowest BCUT2D eigenvalue weighted by Crippen LogP contribution is -2.22. The van der Waals surface area contributed by atoms with Crippen molar-refractivity contribution >= 4 is 44.6 Å². The molecule has 3 rings (SSSR count). The van der Waals surface area contributed by atoms with Gasteiger partial charge in [-0.1, -0.05) is 23.7 Å². The van der Waals surface area contributed by atoms with Crippen LogP contribution in [0.25, 0.3) is 10.1 Å². The molecule has 3 aromatic rings. The number of carbonyl (C=O) groups excluding carboxylic acids is 1. The Hall–Kier alpha value is -2.11. The van der Waals surface area contributed by atoms with Crippen molar-refractivity contribution in [3.8, 4) is 0 Å². The molecule has 0 aliphatic heterocycles. The molecule has 2 aromatic heterocycles. The topological polar surface area (TPSA) is 68.0 Å². The van der Waals surface area contributed by atoms with Crippen molar-refractivity contribution in [3.63, 3.8) is 0 Å². The maximum Gasteiger partial charge on any atom is 0.263 e. The first-order chi connectivity index (χ1) is 10.1. The molecule has 0 fully saturated rings. The summed E-state index contributed by atoms with van der Waals surface area (Å²) in [5, 5.41) is 4.40. The summed E-state index contributed by atoms with van der Waals surface area (Å²) in [6, 6.07) is 9.16. The number of hydrogen-bond acceptors (Lipinski definition) is 4. The molecule has 106 valence electrons.